The molecule has 2 aromatic rings. The Hall–Kier alpha value is -2.34. The highest BCUT2D eigenvalue weighted by Gasteiger charge is 2.32. The minimum atomic E-state index is -0.858. The van der Waals surface area contributed by atoms with Gasteiger partial charge in [-0.2, -0.15) is 0 Å². The first kappa shape index (κ1) is 15.6. The number of aromatic amines is 1. The molecular weight excluding hydrogens is 294 g/mol. The summed E-state index contributed by atoms with van der Waals surface area (Å²) in [5.74, 6) is -0.817. The summed E-state index contributed by atoms with van der Waals surface area (Å²) in [6.07, 6.45) is 1.79. The molecule has 1 aliphatic heterocycles. The summed E-state index contributed by atoms with van der Waals surface area (Å²) >= 11 is 0. The number of H-pyrrole nitrogens is 1. The lowest BCUT2D eigenvalue weighted by molar-refractivity contribution is -0.144. The van der Waals surface area contributed by atoms with Crippen LogP contribution < -0.4 is 0 Å². The predicted octanol–water partition coefficient (Wildman–Crippen LogP) is 1.77. The lowest BCUT2D eigenvalue weighted by Crippen LogP contribution is -2.50. The van der Waals surface area contributed by atoms with E-state index >= 15 is 0 Å². The van der Waals surface area contributed by atoms with Gasteiger partial charge in [-0.1, -0.05) is 11.6 Å². The second kappa shape index (κ2) is 6.04. The van der Waals surface area contributed by atoms with Crippen molar-refractivity contribution in [3.63, 3.8) is 0 Å². The number of aromatic nitrogens is 1. The van der Waals surface area contributed by atoms with Crippen LogP contribution in [-0.4, -0.2) is 57.9 Å². The normalized spacial score (nSPS) is 17.4. The zero-order valence-corrected chi connectivity index (χ0v) is 13.4. The molecule has 0 bridgehead atoms. The van der Waals surface area contributed by atoms with E-state index < -0.39 is 12.0 Å². The molecule has 1 aromatic carbocycles. The number of hydrogen-bond donors (Lipinski definition) is 2. The number of carbonyl (C=O) groups excluding carboxylic acids is 1. The summed E-state index contributed by atoms with van der Waals surface area (Å²) in [7, 11) is 0. The van der Waals surface area contributed by atoms with E-state index in [1.54, 1.807) is 18.0 Å². The van der Waals surface area contributed by atoms with Crippen LogP contribution in [0.3, 0.4) is 0 Å². The molecule has 1 fully saturated rings. The van der Waals surface area contributed by atoms with Crippen molar-refractivity contribution in [2.75, 3.05) is 26.2 Å². The molecule has 1 saturated heterocycles. The van der Waals surface area contributed by atoms with Gasteiger partial charge < -0.3 is 15.0 Å². The van der Waals surface area contributed by atoms with Gasteiger partial charge in [0.25, 0.3) is 0 Å². The quantitative estimate of drug-likeness (QED) is 0.905. The van der Waals surface area contributed by atoms with Gasteiger partial charge in [0, 0.05) is 55.8 Å². The summed E-state index contributed by atoms with van der Waals surface area (Å²) in [5, 5.41) is 10.7. The Labute approximate surface area is 134 Å². The molecule has 0 saturated carbocycles. The number of carboxylic acid groups (broad SMARTS) is 1. The molecule has 1 amide bonds. The number of piperazine rings is 1. The molecule has 2 heterocycles. The average molecular weight is 315 g/mol. The zero-order valence-electron chi connectivity index (χ0n) is 13.4. The monoisotopic (exact) mass is 315 g/mol. The van der Waals surface area contributed by atoms with Crippen molar-refractivity contribution < 1.29 is 14.7 Å². The van der Waals surface area contributed by atoms with Gasteiger partial charge in [-0.25, -0.2) is 0 Å². The Kier molecular flexibility index (Phi) is 4.09. The van der Waals surface area contributed by atoms with E-state index in [0.717, 1.165) is 22.0 Å². The van der Waals surface area contributed by atoms with Crippen LogP contribution in [0.5, 0.6) is 0 Å². The van der Waals surface area contributed by atoms with Gasteiger partial charge in [0.2, 0.25) is 5.91 Å². The number of hydrogen-bond acceptors (Lipinski definition) is 3. The van der Waals surface area contributed by atoms with E-state index in [2.05, 4.69) is 4.98 Å². The lowest BCUT2D eigenvalue weighted by Gasteiger charge is -2.37. The average Bonchev–Trinajstić information content (AvgIpc) is 2.91. The van der Waals surface area contributed by atoms with Gasteiger partial charge in [-0.15, -0.1) is 0 Å². The van der Waals surface area contributed by atoms with Gasteiger partial charge in [0.15, 0.2) is 0 Å². The number of amides is 1. The summed E-state index contributed by atoms with van der Waals surface area (Å²) in [6.45, 7) is 5.81. The van der Waals surface area contributed by atoms with Crippen LogP contribution in [0.2, 0.25) is 0 Å². The van der Waals surface area contributed by atoms with Crippen molar-refractivity contribution in [3.8, 4) is 0 Å². The highest BCUT2D eigenvalue weighted by atomic mass is 16.4. The number of aliphatic carboxylic acids is 1. The smallest absolute Gasteiger partial charge is 0.325 e. The van der Waals surface area contributed by atoms with E-state index in [1.165, 1.54) is 0 Å². The third-order valence-electron chi connectivity index (χ3n) is 4.52. The Morgan fingerprint density at radius 1 is 1.22 bits per heavy atom. The SMILES string of the molecule is CC(=O)N1CCN(C(C(=O)O)c2c[nH]c3ccc(C)cc23)CC1. The number of carbonyl (C=O) groups is 2. The third-order valence-corrected chi connectivity index (χ3v) is 4.52. The summed E-state index contributed by atoms with van der Waals surface area (Å²) in [6, 6.07) is 5.30. The molecular formula is C17H21N3O3. The van der Waals surface area contributed by atoms with E-state index in [1.807, 2.05) is 30.0 Å². The second-order valence-corrected chi connectivity index (χ2v) is 6.08. The van der Waals surface area contributed by atoms with Gasteiger partial charge in [-0.3, -0.25) is 14.5 Å². The molecule has 122 valence electrons. The molecule has 1 aliphatic rings. The Bertz CT molecular complexity index is 745. The number of rotatable bonds is 3. The number of fused-ring (bicyclic) bond motifs is 1. The lowest BCUT2D eigenvalue weighted by atomic mass is 10.0. The molecule has 1 unspecified atom stereocenters. The summed E-state index contributed by atoms with van der Waals surface area (Å²) in [5.41, 5.74) is 2.83. The van der Waals surface area contributed by atoms with Crippen LogP contribution in [0.25, 0.3) is 10.9 Å². The highest BCUT2D eigenvalue weighted by Crippen LogP contribution is 2.30. The molecule has 23 heavy (non-hydrogen) atoms. The first-order valence-electron chi connectivity index (χ1n) is 7.77. The van der Waals surface area contributed by atoms with Gasteiger partial charge in [0.1, 0.15) is 6.04 Å². The van der Waals surface area contributed by atoms with Crippen molar-refractivity contribution in [3.05, 3.63) is 35.5 Å². The fraction of sp³-hybridized carbons (Fsp3) is 0.412. The van der Waals surface area contributed by atoms with Gasteiger partial charge in [-0.05, 0) is 19.1 Å². The molecule has 0 aliphatic carbocycles. The van der Waals surface area contributed by atoms with Crippen LogP contribution in [0.1, 0.15) is 24.1 Å². The number of benzene rings is 1. The van der Waals surface area contributed by atoms with Crippen LogP contribution in [0, 0.1) is 6.92 Å². The first-order chi connectivity index (χ1) is 11.0. The molecule has 0 radical (unpaired) electrons. The third kappa shape index (κ3) is 2.94. The number of carboxylic acids is 1. The molecule has 6 nitrogen and oxygen atoms in total. The van der Waals surface area contributed by atoms with Crippen molar-refractivity contribution in [2.45, 2.75) is 19.9 Å². The molecule has 0 spiro atoms. The summed E-state index contributed by atoms with van der Waals surface area (Å²) in [4.78, 5) is 30.2. The first-order valence-corrected chi connectivity index (χ1v) is 7.77. The topological polar surface area (TPSA) is 76.6 Å². The van der Waals surface area contributed by atoms with Crippen LogP contribution in [0.15, 0.2) is 24.4 Å². The van der Waals surface area contributed by atoms with Crippen molar-refractivity contribution >= 4 is 22.8 Å². The van der Waals surface area contributed by atoms with Crippen LogP contribution >= 0.6 is 0 Å². The van der Waals surface area contributed by atoms with Crippen molar-refractivity contribution in [1.82, 2.24) is 14.8 Å². The number of nitrogens with zero attached hydrogens (tertiary/aromatic N) is 2. The Morgan fingerprint density at radius 3 is 2.52 bits per heavy atom. The maximum absolute atomic E-state index is 11.9. The van der Waals surface area contributed by atoms with Crippen LogP contribution in [-0.2, 0) is 9.59 Å². The largest absolute Gasteiger partial charge is 0.480 e. The van der Waals surface area contributed by atoms with Crippen LogP contribution in [0.4, 0.5) is 0 Å². The number of nitrogens with one attached hydrogen (secondary N) is 1. The Morgan fingerprint density at radius 2 is 1.91 bits per heavy atom. The second-order valence-electron chi connectivity index (χ2n) is 6.08. The predicted molar refractivity (Wildman–Crippen MR) is 87.2 cm³/mol. The molecule has 6 heteroatoms. The fourth-order valence-corrected chi connectivity index (χ4v) is 3.26. The number of aryl methyl sites for hydroxylation is 1. The fourth-order valence-electron chi connectivity index (χ4n) is 3.26. The Balaban J connectivity index is 1.91. The molecule has 3 rings (SSSR count). The van der Waals surface area contributed by atoms with Gasteiger partial charge in [0.05, 0.1) is 0 Å². The highest BCUT2D eigenvalue weighted by molar-refractivity contribution is 5.89. The molecule has 2 N–H and O–H groups in total. The van der Waals surface area contributed by atoms with E-state index in [9.17, 15) is 14.7 Å². The maximum atomic E-state index is 11.9. The van der Waals surface area contributed by atoms with E-state index in [0.29, 0.717) is 26.2 Å². The summed E-state index contributed by atoms with van der Waals surface area (Å²) < 4.78 is 0. The van der Waals surface area contributed by atoms with E-state index in [-0.39, 0.29) is 5.91 Å². The zero-order chi connectivity index (χ0) is 16.6. The van der Waals surface area contributed by atoms with Crippen molar-refractivity contribution in [1.29, 1.82) is 0 Å². The molecule has 1 aromatic heterocycles. The minimum absolute atomic E-state index is 0.0410. The minimum Gasteiger partial charge on any atom is -0.480 e. The van der Waals surface area contributed by atoms with E-state index in [4.69, 9.17) is 0 Å². The maximum Gasteiger partial charge on any atom is 0.325 e. The van der Waals surface area contributed by atoms with Crippen molar-refractivity contribution in [2.24, 2.45) is 0 Å². The molecule has 1 atom stereocenters. The van der Waals surface area contributed by atoms with Gasteiger partial charge >= 0.3 is 5.97 Å². The standard InChI is InChI=1S/C17H21N3O3/c1-11-3-4-15-13(9-11)14(10-18-15)16(17(22)23)20-7-5-19(6-8-20)12(2)21/h3-4,9-10,16,18H,5-8H2,1-2H3,(H,22,23).